The van der Waals surface area contributed by atoms with Gasteiger partial charge in [-0.1, -0.05) is 53.7 Å². The monoisotopic (exact) mass is 400 g/mol. The number of carbonyl (C=O) groups excluding carboxylic acids is 1. The van der Waals surface area contributed by atoms with Crippen LogP contribution < -0.4 is 5.32 Å². The molecule has 7 nitrogen and oxygen atoms in total. The van der Waals surface area contributed by atoms with Crippen molar-refractivity contribution in [1.82, 2.24) is 9.97 Å². The van der Waals surface area contributed by atoms with E-state index in [4.69, 9.17) is 11.6 Å². The van der Waals surface area contributed by atoms with Gasteiger partial charge in [-0.25, -0.2) is 9.97 Å². The van der Waals surface area contributed by atoms with Gasteiger partial charge in [-0.05, 0) is 23.8 Å². The Labute approximate surface area is 164 Å². The van der Waals surface area contributed by atoms with Crippen LogP contribution in [-0.2, 0) is 4.79 Å². The Morgan fingerprint density at radius 2 is 1.81 bits per heavy atom. The zero-order valence-corrected chi connectivity index (χ0v) is 15.4. The van der Waals surface area contributed by atoms with Gasteiger partial charge in [0.15, 0.2) is 5.16 Å². The van der Waals surface area contributed by atoms with Crippen LogP contribution in [0.4, 0.5) is 11.4 Å². The molecule has 0 saturated heterocycles. The number of benzene rings is 2. The van der Waals surface area contributed by atoms with Gasteiger partial charge in [-0.2, -0.15) is 0 Å². The third-order valence-electron chi connectivity index (χ3n) is 3.52. The zero-order chi connectivity index (χ0) is 19.2. The maximum atomic E-state index is 12.9. The quantitative estimate of drug-likeness (QED) is 0.283. The highest BCUT2D eigenvalue weighted by Crippen LogP contribution is 2.35. The molecule has 27 heavy (non-hydrogen) atoms. The van der Waals surface area contributed by atoms with Gasteiger partial charge in [0.25, 0.3) is 5.69 Å². The summed E-state index contributed by atoms with van der Waals surface area (Å²) in [5.41, 5.74) is 0.771. The number of carbonyl (C=O) groups is 1. The second-order valence-electron chi connectivity index (χ2n) is 5.35. The minimum Gasteiger partial charge on any atom is -0.325 e. The topological polar surface area (TPSA) is 98.0 Å². The van der Waals surface area contributed by atoms with Gasteiger partial charge in [0.05, 0.1) is 4.92 Å². The van der Waals surface area contributed by atoms with Crippen molar-refractivity contribution in [2.45, 2.75) is 10.4 Å². The summed E-state index contributed by atoms with van der Waals surface area (Å²) < 4.78 is 0. The second kappa shape index (κ2) is 8.61. The first kappa shape index (κ1) is 18.8. The molecule has 0 fully saturated rings. The predicted octanol–water partition coefficient (Wildman–Crippen LogP) is 4.51. The third kappa shape index (κ3) is 4.81. The fraction of sp³-hybridized carbons (Fsp3) is 0.0556. The van der Waals surface area contributed by atoms with Gasteiger partial charge in [-0.3, -0.25) is 14.9 Å². The van der Waals surface area contributed by atoms with E-state index in [1.54, 1.807) is 18.5 Å². The van der Waals surface area contributed by atoms with E-state index in [1.165, 1.54) is 30.0 Å². The SMILES string of the molecule is O=C(Nc1ccc(Cl)c([N+](=O)[O-])c1)[C@@H](Sc1ncccn1)c1ccccc1. The highest BCUT2D eigenvalue weighted by atomic mass is 35.5. The molecule has 2 aromatic carbocycles. The number of hydrogen-bond donors (Lipinski definition) is 1. The van der Waals surface area contributed by atoms with Gasteiger partial charge < -0.3 is 5.32 Å². The van der Waals surface area contributed by atoms with Crippen LogP contribution in [0.25, 0.3) is 0 Å². The first-order valence-corrected chi connectivity index (χ1v) is 9.04. The highest BCUT2D eigenvalue weighted by molar-refractivity contribution is 8.00. The molecule has 1 atom stereocenters. The van der Waals surface area contributed by atoms with Crippen molar-refractivity contribution in [3.63, 3.8) is 0 Å². The lowest BCUT2D eigenvalue weighted by Gasteiger charge is -2.16. The molecule has 1 aromatic heterocycles. The number of nitrogens with zero attached hydrogens (tertiary/aromatic N) is 3. The number of hydrogen-bond acceptors (Lipinski definition) is 6. The molecule has 9 heteroatoms. The van der Waals surface area contributed by atoms with E-state index >= 15 is 0 Å². The number of thioether (sulfide) groups is 1. The average Bonchev–Trinajstić information content (AvgIpc) is 2.69. The van der Waals surface area contributed by atoms with Gasteiger partial charge in [0, 0.05) is 24.1 Å². The van der Waals surface area contributed by atoms with E-state index in [-0.39, 0.29) is 22.3 Å². The number of nitro benzene ring substituents is 1. The predicted molar refractivity (Wildman–Crippen MR) is 104 cm³/mol. The van der Waals surface area contributed by atoms with Gasteiger partial charge in [0.1, 0.15) is 10.3 Å². The Bertz CT molecular complexity index is 957. The van der Waals surface area contributed by atoms with E-state index < -0.39 is 10.2 Å². The number of nitrogens with one attached hydrogen (secondary N) is 1. The molecule has 0 aliphatic carbocycles. The Kier molecular flexibility index (Phi) is 6.00. The van der Waals surface area contributed by atoms with Crippen molar-refractivity contribution < 1.29 is 9.72 Å². The molecule has 0 radical (unpaired) electrons. The van der Waals surface area contributed by atoms with E-state index in [1.807, 2.05) is 30.3 Å². The van der Waals surface area contributed by atoms with Crippen LogP contribution in [0.2, 0.25) is 5.02 Å². The number of aromatic nitrogens is 2. The summed E-state index contributed by atoms with van der Waals surface area (Å²) in [6.07, 6.45) is 3.19. The van der Waals surface area contributed by atoms with Crippen LogP contribution in [0.5, 0.6) is 0 Å². The third-order valence-corrected chi connectivity index (χ3v) is 4.98. The maximum absolute atomic E-state index is 12.9. The minimum absolute atomic E-state index is 0.00432. The molecule has 0 saturated carbocycles. The smallest absolute Gasteiger partial charge is 0.289 e. The van der Waals surface area contributed by atoms with Crippen LogP contribution >= 0.6 is 23.4 Å². The van der Waals surface area contributed by atoms with Crippen LogP contribution in [0, 0.1) is 10.1 Å². The minimum atomic E-state index is -0.636. The lowest BCUT2D eigenvalue weighted by atomic mass is 10.1. The van der Waals surface area contributed by atoms with Crippen LogP contribution in [-0.4, -0.2) is 20.8 Å². The average molecular weight is 401 g/mol. The van der Waals surface area contributed by atoms with Gasteiger partial charge >= 0.3 is 0 Å². The van der Waals surface area contributed by atoms with Crippen LogP contribution in [0.1, 0.15) is 10.8 Å². The molecule has 1 heterocycles. The Hall–Kier alpha value is -2.97. The standard InChI is InChI=1S/C18H13ClN4O3S/c19-14-8-7-13(11-15(14)23(25)26)22-17(24)16(12-5-2-1-3-6-12)27-18-20-9-4-10-21-18/h1-11,16H,(H,22,24)/t16-/m0/s1. The van der Waals surface area contributed by atoms with Crippen LogP contribution in [0.15, 0.2) is 72.1 Å². The zero-order valence-electron chi connectivity index (χ0n) is 13.8. The number of anilines is 1. The summed E-state index contributed by atoms with van der Waals surface area (Å²) in [7, 11) is 0. The van der Waals surface area contributed by atoms with Crippen molar-refractivity contribution >= 4 is 40.6 Å². The first-order valence-electron chi connectivity index (χ1n) is 7.78. The normalized spacial score (nSPS) is 11.6. The van der Waals surface area contributed by atoms with Crippen LogP contribution in [0.3, 0.4) is 0 Å². The fourth-order valence-corrected chi connectivity index (χ4v) is 3.39. The lowest BCUT2D eigenvalue weighted by Crippen LogP contribution is -2.19. The molecule has 0 aliphatic heterocycles. The number of rotatable bonds is 6. The number of nitro groups is 1. The van der Waals surface area contributed by atoms with E-state index in [0.29, 0.717) is 5.16 Å². The number of amides is 1. The highest BCUT2D eigenvalue weighted by Gasteiger charge is 2.24. The summed E-state index contributed by atoms with van der Waals surface area (Å²) in [6, 6.07) is 15.0. The first-order chi connectivity index (χ1) is 13.0. The van der Waals surface area contributed by atoms with Crippen molar-refractivity contribution in [1.29, 1.82) is 0 Å². The molecular formula is C18H13ClN4O3S. The van der Waals surface area contributed by atoms with Gasteiger partial charge in [-0.15, -0.1) is 0 Å². The van der Waals surface area contributed by atoms with Gasteiger partial charge in [0.2, 0.25) is 5.91 Å². The lowest BCUT2D eigenvalue weighted by molar-refractivity contribution is -0.384. The van der Waals surface area contributed by atoms with E-state index in [2.05, 4.69) is 15.3 Å². The summed E-state index contributed by atoms with van der Waals surface area (Å²) in [5.74, 6) is -0.352. The summed E-state index contributed by atoms with van der Waals surface area (Å²) >= 11 is 7.01. The second-order valence-corrected chi connectivity index (χ2v) is 6.83. The van der Waals surface area contributed by atoms with E-state index in [9.17, 15) is 14.9 Å². The summed E-state index contributed by atoms with van der Waals surface area (Å²) in [4.78, 5) is 31.6. The molecule has 0 unspecified atom stereocenters. The van der Waals surface area contributed by atoms with Crippen molar-refractivity contribution in [3.8, 4) is 0 Å². The molecular weight excluding hydrogens is 388 g/mol. The molecule has 3 aromatic rings. The van der Waals surface area contributed by atoms with Crippen molar-refractivity contribution in [2.24, 2.45) is 0 Å². The Balaban J connectivity index is 1.87. The van der Waals surface area contributed by atoms with Crippen molar-refractivity contribution in [2.75, 3.05) is 5.32 Å². The molecule has 0 aliphatic rings. The molecule has 0 spiro atoms. The molecule has 1 amide bonds. The van der Waals surface area contributed by atoms with E-state index in [0.717, 1.165) is 5.56 Å². The summed E-state index contributed by atoms with van der Waals surface area (Å²) in [5, 5.41) is 13.6. The fourth-order valence-electron chi connectivity index (χ4n) is 2.29. The maximum Gasteiger partial charge on any atom is 0.289 e. The number of halogens is 1. The molecule has 0 bridgehead atoms. The molecule has 136 valence electrons. The Morgan fingerprint density at radius 1 is 1.11 bits per heavy atom. The summed E-state index contributed by atoms with van der Waals surface area (Å²) in [6.45, 7) is 0. The van der Waals surface area contributed by atoms with Crippen molar-refractivity contribution in [3.05, 3.63) is 87.7 Å². The molecule has 1 N–H and O–H groups in total. The largest absolute Gasteiger partial charge is 0.325 e. The molecule has 3 rings (SSSR count). The Morgan fingerprint density at radius 3 is 2.48 bits per heavy atom.